The van der Waals surface area contributed by atoms with Crippen LogP contribution in [0.1, 0.15) is 25.0 Å². The first-order chi connectivity index (χ1) is 20.6. The Kier molecular flexibility index (Phi) is 10.4. The number of nitrogens with one attached hydrogen (secondary N) is 1. The van der Waals surface area contributed by atoms with Gasteiger partial charge in [-0.1, -0.05) is 59.6 Å². The lowest BCUT2D eigenvalue weighted by Crippen LogP contribution is -2.51. The average Bonchev–Trinajstić information content (AvgIpc) is 3.00. The van der Waals surface area contributed by atoms with Gasteiger partial charge in [0.15, 0.2) is 0 Å². The van der Waals surface area contributed by atoms with Crippen molar-refractivity contribution >= 4 is 39.1 Å². The monoisotopic (exact) mass is 619 g/mol. The molecule has 0 saturated heterocycles. The minimum absolute atomic E-state index is 0.0385. The lowest BCUT2D eigenvalue weighted by Gasteiger charge is -2.32. The van der Waals surface area contributed by atoms with E-state index in [0.717, 1.165) is 15.4 Å². The zero-order chi connectivity index (χ0) is 31.0. The van der Waals surface area contributed by atoms with E-state index < -0.39 is 28.5 Å². The molecular weight excluding hydrogens is 586 g/mol. The van der Waals surface area contributed by atoms with Crippen LogP contribution in [0.5, 0.6) is 11.5 Å². The third-order valence-corrected chi connectivity index (χ3v) is 8.82. The summed E-state index contributed by atoms with van der Waals surface area (Å²) in [6.45, 7) is 5.20. The van der Waals surface area contributed by atoms with E-state index in [9.17, 15) is 18.0 Å². The predicted octanol–water partition coefficient (Wildman–Crippen LogP) is 6.19. The van der Waals surface area contributed by atoms with Crippen molar-refractivity contribution in [3.05, 3.63) is 119 Å². The van der Waals surface area contributed by atoms with Crippen molar-refractivity contribution in [2.75, 3.05) is 17.4 Å². The average molecular weight is 620 g/mol. The highest BCUT2D eigenvalue weighted by Gasteiger charge is 2.32. The second-order valence-electron chi connectivity index (χ2n) is 9.95. The summed E-state index contributed by atoms with van der Waals surface area (Å²) in [4.78, 5) is 28.2. The normalized spacial score (nSPS) is 11.8. The standard InChI is InChI=1S/C33H34ClN3O5S/c1-4-35-33(39)25(3)36(22-26-12-14-27(34)15-13-26)32(38)23-37(43(40,41)31-20-10-24(2)11-21-31)28-16-18-30(19-17-28)42-29-8-6-5-7-9-29/h5-21,25H,4,22-23H2,1-3H3,(H,35,39)/t25-/m0/s1. The Labute approximate surface area is 257 Å². The van der Waals surface area contributed by atoms with Crippen LogP contribution < -0.4 is 14.4 Å². The number of halogens is 1. The highest BCUT2D eigenvalue weighted by molar-refractivity contribution is 7.92. The van der Waals surface area contributed by atoms with Crippen LogP contribution in [0.15, 0.2) is 108 Å². The molecule has 0 aliphatic rings. The maximum atomic E-state index is 14.0. The van der Waals surface area contributed by atoms with Crippen molar-refractivity contribution in [1.82, 2.24) is 10.2 Å². The van der Waals surface area contributed by atoms with Gasteiger partial charge in [-0.2, -0.15) is 0 Å². The molecule has 0 aliphatic carbocycles. The zero-order valence-electron chi connectivity index (χ0n) is 24.2. The molecule has 0 aliphatic heterocycles. The summed E-state index contributed by atoms with van der Waals surface area (Å²) in [5, 5.41) is 3.28. The summed E-state index contributed by atoms with van der Waals surface area (Å²) >= 11 is 6.05. The zero-order valence-corrected chi connectivity index (χ0v) is 25.8. The number of carbonyl (C=O) groups is 2. The third kappa shape index (κ3) is 8.15. The molecule has 0 bridgehead atoms. The number of nitrogens with zero attached hydrogens (tertiary/aromatic N) is 2. The van der Waals surface area contributed by atoms with Gasteiger partial charge >= 0.3 is 0 Å². The first-order valence-corrected chi connectivity index (χ1v) is 15.6. The largest absolute Gasteiger partial charge is 0.457 e. The number of aryl methyl sites for hydroxylation is 1. The van der Waals surface area contributed by atoms with Crippen LogP contribution in [-0.2, 0) is 26.2 Å². The number of likely N-dealkylation sites (N-methyl/N-ethyl adjacent to an activating group) is 1. The molecule has 4 aromatic rings. The Hall–Kier alpha value is -4.34. The number of carbonyl (C=O) groups excluding carboxylic acids is 2. The molecule has 0 unspecified atom stereocenters. The summed E-state index contributed by atoms with van der Waals surface area (Å²) in [6.07, 6.45) is 0. The lowest BCUT2D eigenvalue weighted by atomic mass is 10.1. The molecule has 2 amide bonds. The maximum absolute atomic E-state index is 14.0. The summed E-state index contributed by atoms with van der Waals surface area (Å²) in [6, 6.07) is 28.2. The molecule has 224 valence electrons. The van der Waals surface area contributed by atoms with E-state index in [1.165, 1.54) is 17.0 Å². The van der Waals surface area contributed by atoms with E-state index in [-0.39, 0.29) is 23.0 Å². The van der Waals surface area contributed by atoms with Gasteiger partial charge in [0.25, 0.3) is 10.0 Å². The molecule has 0 heterocycles. The Bertz CT molecular complexity index is 1630. The number of benzene rings is 4. The number of hydrogen-bond donors (Lipinski definition) is 1. The number of rotatable bonds is 12. The highest BCUT2D eigenvalue weighted by atomic mass is 35.5. The molecule has 43 heavy (non-hydrogen) atoms. The van der Waals surface area contributed by atoms with E-state index in [1.54, 1.807) is 74.5 Å². The summed E-state index contributed by atoms with van der Waals surface area (Å²) < 4.78 is 35.0. The van der Waals surface area contributed by atoms with Gasteiger partial charge in [0.05, 0.1) is 10.6 Å². The third-order valence-electron chi connectivity index (χ3n) is 6.78. The predicted molar refractivity (Wildman–Crippen MR) is 169 cm³/mol. The van der Waals surface area contributed by atoms with Crippen molar-refractivity contribution in [3.63, 3.8) is 0 Å². The Morgan fingerprint density at radius 3 is 2.07 bits per heavy atom. The number of anilines is 1. The number of ether oxygens (including phenoxy) is 1. The first-order valence-electron chi connectivity index (χ1n) is 13.8. The molecule has 8 nitrogen and oxygen atoms in total. The van der Waals surface area contributed by atoms with E-state index in [0.29, 0.717) is 23.1 Å². The van der Waals surface area contributed by atoms with Gasteiger partial charge in [0, 0.05) is 18.1 Å². The Morgan fingerprint density at radius 2 is 1.47 bits per heavy atom. The minimum Gasteiger partial charge on any atom is -0.457 e. The number of hydrogen-bond acceptors (Lipinski definition) is 5. The van der Waals surface area contributed by atoms with Gasteiger partial charge in [-0.15, -0.1) is 0 Å². The van der Waals surface area contributed by atoms with Gasteiger partial charge in [0.1, 0.15) is 24.1 Å². The molecule has 10 heteroatoms. The fraction of sp³-hybridized carbons (Fsp3) is 0.212. The lowest BCUT2D eigenvalue weighted by molar-refractivity contribution is -0.139. The number of para-hydroxylation sites is 1. The Morgan fingerprint density at radius 1 is 0.860 bits per heavy atom. The van der Waals surface area contributed by atoms with Crippen LogP contribution >= 0.6 is 11.6 Å². The van der Waals surface area contributed by atoms with Gasteiger partial charge in [0.2, 0.25) is 11.8 Å². The molecule has 1 N–H and O–H groups in total. The molecule has 0 aromatic heterocycles. The molecule has 4 rings (SSSR count). The van der Waals surface area contributed by atoms with Crippen molar-refractivity contribution in [3.8, 4) is 11.5 Å². The van der Waals surface area contributed by atoms with Crippen molar-refractivity contribution in [2.45, 2.75) is 38.3 Å². The van der Waals surface area contributed by atoms with E-state index in [1.807, 2.05) is 37.3 Å². The van der Waals surface area contributed by atoms with E-state index in [2.05, 4.69) is 5.32 Å². The van der Waals surface area contributed by atoms with Gasteiger partial charge in [-0.3, -0.25) is 13.9 Å². The minimum atomic E-state index is -4.18. The number of sulfonamides is 1. The van der Waals surface area contributed by atoms with E-state index >= 15 is 0 Å². The second kappa shape index (κ2) is 14.2. The van der Waals surface area contributed by atoms with Crippen molar-refractivity contribution < 1.29 is 22.7 Å². The van der Waals surface area contributed by atoms with Gasteiger partial charge in [-0.25, -0.2) is 8.42 Å². The topological polar surface area (TPSA) is 96.0 Å². The van der Waals surface area contributed by atoms with Crippen LogP contribution in [-0.4, -0.2) is 44.3 Å². The smallest absolute Gasteiger partial charge is 0.264 e. The summed E-state index contributed by atoms with van der Waals surface area (Å²) in [5.41, 5.74) is 1.91. The SMILES string of the molecule is CCNC(=O)[C@H](C)N(Cc1ccc(Cl)cc1)C(=O)CN(c1ccc(Oc2ccccc2)cc1)S(=O)(=O)c1ccc(C)cc1. The van der Waals surface area contributed by atoms with Crippen LogP contribution in [0.25, 0.3) is 0 Å². The first kappa shape index (κ1) is 31.6. The molecule has 0 saturated carbocycles. The molecule has 0 radical (unpaired) electrons. The highest BCUT2D eigenvalue weighted by Crippen LogP contribution is 2.29. The molecule has 4 aromatic carbocycles. The van der Waals surface area contributed by atoms with Crippen LogP contribution in [0.4, 0.5) is 5.69 Å². The molecule has 1 atom stereocenters. The molecule has 0 fully saturated rings. The van der Waals surface area contributed by atoms with Crippen LogP contribution in [0.3, 0.4) is 0 Å². The summed E-state index contributed by atoms with van der Waals surface area (Å²) in [5.74, 6) is 0.240. The van der Waals surface area contributed by atoms with Gasteiger partial charge in [-0.05, 0) is 87.0 Å². The quantitative estimate of drug-likeness (QED) is 0.204. The van der Waals surface area contributed by atoms with E-state index in [4.69, 9.17) is 16.3 Å². The Balaban J connectivity index is 1.70. The number of amides is 2. The molecular formula is C33H34ClN3O5S. The fourth-order valence-corrected chi connectivity index (χ4v) is 5.90. The second-order valence-corrected chi connectivity index (χ2v) is 12.3. The molecule has 0 spiro atoms. The van der Waals surface area contributed by atoms with Crippen LogP contribution in [0, 0.1) is 6.92 Å². The summed E-state index contributed by atoms with van der Waals surface area (Å²) in [7, 11) is -4.18. The van der Waals surface area contributed by atoms with Gasteiger partial charge < -0.3 is 15.0 Å². The maximum Gasteiger partial charge on any atom is 0.264 e. The fourth-order valence-electron chi connectivity index (χ4n) is 4.36. The van der Waals surface area contributed by atoms with Crippen molar-refractivity contribution in [1.29, 1.82) is 0 Å². The van der Waals surface area contributed by atoms with Crippen LogP contribution in [0.2, 0.25) is 5.02 Å². The van der Waals surface area contributed by atoms with Crippen molar-refractivity contribution in [2.24, 2.45) is 0 Å².